The molecule has 1 heterocycles. The molecule has 0 spiro atoms. The molecule has 0 bridgehead atoms. The maximum Gasteiger partial charge on any atom is 0.293 e. The van der Waals surface area contributed by atoms with Gasteiger partial charge in [-0.05, 0) is 58.9 Å². The van der Waals surface area contributed by atoms with Crippen molar-refractivity contribution in [3.05, 3.63) is 89.6 Å². The van der Waals surface area contributed by atoms with Gasteiger partial charge in [0.05, 0.1) is 20.3 Å². The zero-order valence-corrected chi connectivity index (χ0v) is 21.2. The van der Waals surface area contributed by atoms with Gasteiger partial charge in [0.15, 0.2) is 0 Å². The van der Waals surface area contributed by atoms with E-state index in [1.54, 1.807) is 14.0 Å². The third-order valence-corrected chi connectivity index (χ3v) is 5.91. The van der Waals surface area contributed by atoms with Crippen LogP contribution >= 0.6 is 0 Å². The van der Waals surface area contributed by atoms with Crippen molar-refractivity contribution in [2.24, 2.45) is 0 Å². The fourth-order valence-corrected chi connectivity index (χ4v) is 3.99. The van der Waals surface area contributed by atoms with Crippen LogP contribution in [0.2, 0.25) is 0 Å². The first-order valence-electron chi connectivity index (χ1n) is 11.8. The Hall–Kier alpha value is -3.57. The number of aliphatic hydroxyl groups is 1. The number of aromatic nitrogens is 1. The quantitative estimate of drug-likeness (QED) is 0.319. The highest BCUT2D eigenvalue weighted by Crippen LogP contribution is 2.34. The molecule has 0 saturated heterocycles. The van der Waals surface area contributed by atoms with Crippen molar-refractivity contribution in [2.45, 2.75) is 46.3 Å². The lowest BCUT2D eigenvalue weighted by Gasteiger charge is -2.19. The zero-order valence-electron chi connectivity index (χ0n) is 21.2. The van der Waals surface area contributed by atoms with Crippen LogP contribution in [0.5, 0.6) is 5.75 Å². The molecule has 0 aliphatic carbocycles. The summed E-state index contributed by atoms with van der Waals surface area (Å²) >= 11 is 0. The van der Waals surface area contributed by atoms with Crippen LogP contribution in [-0.4, -0.2) is 29.9 Å². The number of carbonyl (C=O) groups is 1. The summed E-state index contributed by atoms with van der Waals surface area (Å²) in [5.74, 6) is 0.865. The van der Waals surface area contributed by atoms with Crippen molar-refractivity contribution < 1.29 is 19.4 Å². The van der Waals surface area contributed by atoms with E-state index in [0.717, 1.165) is 28.8 Å². The molecule has 0 saturated carbocycles. The fraction of sp³-hybridized carbons (Fsp3) is 0.300. The standard InChI is InChI=1S/C27H29NO2.C3H6O2/c1-27(2,3)22-11-9-21(10-12-22)25-17-28(16-19-6-5-7-23(14-19)30-4)26-13-8-20(18-29)15-24(25)26;1-2-5-3-4/h5-15,17,29H,16,18H2,1-4H3;3H,2H2,1H3. The topological polar surface area (TPSA) is 60.7 Å². The number of aliphatic hydroxyl groups excluding tert-OH is 1. The minimum Gasteiger partial charge on any atom is -0.497 e. The molecule has 184 valence electrons. The highest BCUT2D eigenvalue weighted by Gasteiger charge is 2.15. The monoisotopic (exact) mass is 473 g/mol. The van der Waals surface area contributed by atoms with E-state index in [2.05, 4.69) is 84.8 Å². The highest BCUT2D eigenvalue weighted by molar-refractivity contribution is 5.96. The van der Waals surface area contributed by atoms with Gasteiger partial charge in [0.2, 0.25) is 0 Å². The Morgan fingerprint density at radius 1 is 0.971 bits per heavy atom. The van der Waals surface area contributed by atoms with E-state index in [4.69, 9.17) is 4.74 Å². The molecule has 4 rings (SSSR count). The van der Waals surface area contributed by atoms with Gasteiger partial charge >= 0.3 is 0 Å². The average molecular weight is 474 g/mol. The Bertz CT molecular complexity index is 1250. The predicted molar refractivity (Wildman–Crippen MR) is 142 cm³/mol. The molecule has 0 unspecified atom stereocenters. The molecule has 3 aromatic carbocycles. The third kappa shape index (κ3) is 6.52. The molecule has 0 aliphatic rings. The molecule has 1 N–H and O–H groups in total. The first kappa shape index (κ1) is 26.0. The number of methoxy groups -OCH3 is 1. The number of rotatable bonds is 7. The van der Waals surface area contributed by atoms with Gasteiger partial charge in [0, 0.05) is 29.2 Å². The molecule has 5 nitrogen and oxygen atoms in total. The van der Waals surface area contributed by atoms with Crippen LogP contribution in [0.4, 0.5) is 0 Å². The summed E-state index contributed by atoms with van der Waals surface area (Å²) in [7, 11) is 1.69. The van der Waals surface area contributed by atoms with Crippen molar-refractivity contribution in [2.75, 3.05) is 13.7 Å². The molecule has 35 heavy (non-hydrogen) atoms. The van der Waals surface area contributed by atoms with Crippen LogP contribution in [0.1, 0.15) is 44.4 Å². The first-order chi connectivity index (χ1) is 16.8. The number of hydrogen-bond donors (Lipinski definition) is 1. The second-order valence-electron chi connectivity index (χ2n) is 9.41. The molecule has 4 aromatic rings. The Morgan fingerprint density at radius 3 is 2.29 bits per heavy atom. The van der Waals surface area contributed by atoms with E-state index in [-0.39, 0.29) is 12.0 Å². The minimum absolute atomic E-state index is 0.0411. The number of ether oxygens (including phenoxy) is 2. The van der Waals surface area contributed by atoms with E-state index in [1.807, 2.05) is 18.2 Å². The van der Waals surface area contributed by atoms with Crippen LogP contribution in [-0.2, 0) is 28.1 Å². The first-order valence-corrected chi connectivity index (χ1v) is 11.8. The van der Waals surface area contributed by atoms with Crippen LogP contribution in [0.15, 0.2) is 72.9 Å². The predicted octanol–water partition coefficient (Wildman–Crippen LogP) is 6.33. The summed E-state index contributed by atoms with van der Waals surface area (Å²) in [4.78, 5) is 9.18. The maximum absolute atomic E-state index is 9.66. The van der Waals surface area contributed by atoms with E-state index < -0.39 is 0 Å². The van der Waals surface area contributed by atoms with Crippen LogP contribution < -0.4 is 4.74 Å². The SMILES string of the molecule is CCOC=O.COc1cccc(Cn2cc(-c3ccc(C(C)(C)C)cc3)c3cc(CO)ccc32)c1. The second kappa shape index (κ2) is 11.7. The van der Waals surface area contributed by atoms with Crippen molar-refractivity contribution in [1.82, 2.24) is 4.57 Å². The van der Waals surface area contributed by atoms with Gasteiger partial charge in [-0.25, -0.2) is 0 Å². The highest BCUT2D eigenvalue weighted by atomic mass is 16.5. The van der Waals surface area contributed by atoms with E-state index in [1.165, 1.54) is 22.3 Å². The molecule has 0 aliphatic heterocycles. The maximum atomic E-state index is 9.66. The van der Waals surface area contributed by atoms with E-state index in [0.29, 0.717) is 13.1 Å². The molecular weight excluding hydrogens is 438 g/mol. The Morgan fingerprint density at radius 2 is 1.71 bits per heavy atom. The van der Waals surface area contributed by atoms with E-state index >= 15 is 0 Å². The lowest BCUT2D eigenvalue weighted by molar-refractivity contribution is -0.128. The van der Waals surface area contributed by atoms with Crippen LogP contribution in [0, 0.1) is 0 Å². The molecule has 1 aromatic heterocycles. The lowest BCUT2D eigenvalue weighted by Crippen LogP contribution is -2.10. The Balaban J connectivity index is 0.000000623. The van der Waals surface area contributed by atoms with Gasteiger partial charge in [-0.15, -0.1) is 0 Å². The summed E-state index contributed by atoms with van der Waals surface area (Å²) in [5, 5.41) is 10.8. The lowest BCUT2D eigenvalue weighted by atomic mass is 9.86. The van der Waals surface area contributed by atoms with Crippen molar-refractivity contribution in [3.63, 3.8) is 0 Å². The Kier molecular flexibility index (Phi) is 8.72. The van der Waals surface area contributed by atoms with Crippen molar-refractivity contribution in [3.8, 4) is 16.9 Å². The summed E-state index contributed by atoms with van der Waals surface area (Å²) in [6.45, 7) is 10.2. The second-order valence-corrected chi connectivity index (χ2v) is 9.41. The molecule has 0 amide bonds. The number of benzene rings is 3. The molecule has 5 heteroatoms. The number of nitrogens with zero attached hydrogens (tertiary/aromatic N) is 1. The summed E-state index contributed by atoms with van der Waals surface area (Å²) in [5.41, 5.74) is 7.09. The summed E-state index contributed by atoms with van der Waals surface area (Å²) in [6, 6.07) is 23.2. The van der Waals surface area contributed by atoms with Crippen LogP contribution in [0.25, 0.3) is 22.0 Å². The molecule has 0 radical (unpaired) electrons. The molecule has 0 fully saturated rings. The van der Waals surface area contributed by atoms with Crippen molar-refractivity contribution in [1.29, 1.82) is 0 Å². The minimum atomic E-state index is 0.0411. The number of fused-ring (bicyclic) bond motifs is 1. The van der Waals surface area contributed by atoms with Gasteiger partial charge in [0.25, 0.3) is 6.47 Å². The van der Waals surface area contributed by atoms with Crippen molar-refractivity contribution >= 4 is 17.4 Å². The number of hydrogen-bond acceptors (Lipinski definition) is 4. The van der Waals surface area contributed by atoms with Gasteiger partial charge < -0.3 is 19.1 Å². The fourth-order valence-electron chi connectivity index (χ4n) is 3.99. The summed E-state index contributed by atoms with van der Waals surface area (Å²) < 4.78 is 11.8. The van der Waals surface area contributed by atoms with Gasteiger partial charge in [-0.1, -0.05) is 63.2 Å². The summed E-state index contributed by atoms with van der Waals surface area (Å²) in [6.07, 6.45) is 2.22. The van der Waals surface area contributed by atoms with Gasteiger partial charge in [-0.2, -0.15) is 0 Å². The average Bonchev–Trinajstić information content (AvgIpc) is 3.22. The van der Waals surface area contributed by atoms with Gasteiger partial charge in [-0.3, -0.25) is 4.79 Å². The Labute approximate surface area is 207 Å². The van der Waals surface area contributed by atoms with Gasteiger partial charge in [0.1, 0.15) is 5.75 Å². The molecular formula is C30H35NO4. The number of carbonyl (C=O) groups excluding carboxylic acids is 1. The van der Waals surface area contributed by atoms with E-state index in [9.17, 15) is 9.90 Å². The zero-order chi connectivity index (χ0) is 25.4. The normalized spacial score (nSPS) is 11.0. The third-order valence-electron chi connectivity index (χ3n) is 5.91. The molecule has 0 atom stereocenters. The largest absolute Gasteiger partial charge is 0.497 e. The smallest absolute Gasteiger partial charge is 0.293 e. The van der Waals surface area contributed by atoms with Crippen LogP contribution in [0.3, 0.4) is 0 Å².